The fourth-order valence-corrected chi connectivity index (χ4v) is 1.54. The molecule has 1 amide bonds. The number of hydrogen-bond acceptors (Lipinski definition) is 2. The molecule has 1 rings (SSSR count). The lowest BCUT2D eigenvalue weighted by Crippen LogP contribution is -2.47. The summed E-state index contributed by atoms with van der Waals surface area (Å²) in [5.74, 6) is 0.926. The van der Waals surface area contributed by atoms with Crippen LogP contribution >= 0.6 is 0 Å². The predicted octanol–water partition coefficient (Wildman–Crippen LogP) is 1.52. The molecule has 0 saturated heterocycles. The highest BCUT2D eigenvalue weighted by molar-refractivity contribution is 5.79. The van der Waals surface area contributed by atoms with Gasteiger partial charge < -0.3 is 11.1 Å². The SMILES string of the molecule is CC(C)C(C)(C)CNC(=O)C1CC(N)C1. The molecule has 0 aromatic carbocycles. The van der Waals surface area contributed by atoms with Gasteiger partial charge in [-0.05, 0) is 24.2 Å². The molecule has 0 spiro atoms. The van der Waals surface area contributed by atoms with Crippen molar-refractivity contribution in [2.24, 2.45) is 23.0 Å². The molecule has 0 bridgehead atoms. The molecule has 0 aromatic rings. The fourth-order valence-electron chi connectivity index (χ4n) is 1.54. The Morgan fingerprint density at radius 3 is 2.40 bits per heavy atom. The molecule has 1 aliphatic rings. The molecule has 88 valence electrons. The maximum absolute atomic E-state index is 11.7. The lowest BCUT2D eigenvalue weighted by molar-refractivity contribution is -0.128. The molecule has 3 nitrogen and oxygen atoms in total. The first kappa shape index (κ1) is 12.5. The van der Waals surface area contributed by atoms with Crippen LogP contribution in [-0.2, 0) is 4.79 Å². The molecular weight excluding hydrogens is 188 g/mol. The Morgan fingerprint density at radius 1 is 1.47 bits per heavy atom. The number of nitrogens with two attached hydrogens (primary N) is 1. The Morgan fingerprint density at radius 2 is 2.00 bits per heavy atom. The smallest absolute Gasteiger partial charge is 0.223 e. The maximum atomic E-state index is 11.7. The van der Waals surface area contributed by atoms with E-state index in [0.717, 1.165) is 19.4 Å². The summed E-state index contributed by atoms with van der Waals surface area (Å²) in [5, 5.41) is 3.03. The molecule has 1 saturated carbocycles. The van der Waals surface area contributed by atoms with Crippen LogP contribution in [0.2, 0.25) is 0 Å². The quantitative estimate of drug-likeness (QED) is 0.742. The van der Waals surface area contributed by atoms with E-state index in [1.165, 1.54) is 0 Å². The van der Waals surface area contributed by atoms with E-state index >= 15 is 0 Å². The van der Waals surface area contributed by atoms with Gasteiger partial charge in [0.15, 0.2) is 0 Å². The molecule has 1 aliphatic carbocycles. The van der Waals surface area contributed by atoms with Gasteiger partial charge >= 0.3 is 0 Å². The maximum Gasteiger partial charge on any atom is 0.223 e. The van der Waals surface area contributed by atoms with Gasteiger partial charge in [0, 0.05) is 18.5 Å². The van der Waals surface area contributed by atoms with Gasteiger partial charge in [-0.25, -0.2) is 0 Å². The van der Waals surface area contributed by atoms with Crippen LogP contribution in [-0.4, -0.2) is 18.5 Å². The van der Waals surface area contributed by atoms with Crippen molar-refractivity contribution in [3.8, 4) is 0 Å². The molecule has 0 unspecified atom stereocenters. The Balaban J connectivity index is 2.28. The molecule has 1 fully saturated rings. The lowest BCUT2D eigenvalue weighted by Gasteiger charge is -2.34. The molecular formula is C12H24N2O. The second kappa shape index (κ2) is 4.52. The Bertz CT molecular complexity index is 230. The summed E-state index contributed by atoms with van der Waals surface area (Å²) in [6.07, 6.45) is 1.71. The van der Waals surface area contributed by atoms with Gasteiger partial charge in [-0.15, -0.1) is 0 Å². The molecule has 0 aromatic heterocycles. The van der Waals surface area contributed by atoms with E-state index < -0.39 is 0 Å². The largest absolute Gasteiger partial charge is 0.355 e. The van der Waals surface area contributed by atoms with Crippen molar-refractivity contribution in [3.63, 3.8) is 0 Å². The zero-order chi connectivity index (χ0) is 11.6. The average molecular weight is 212 g/mol. The normalized spacial score (nSPS) is 26.3. The van der Waals surface area contributed by atoms with Crippen LogP contribution in [0.1, 0.15) is 40.5 Å². The first-order valence-electron chi connectivity index (χ1n) is 5.86. The van der Waals surface area contributed by atoms with E-state index in [9.17, 15) is 4.79 Å². The van der Waals surface area contributed by atoms with Gasteiger partial charge in [-0.2, -0.15) is 0 Å². The van der Waals surface area contributed by atoms with Crippen LogP contribution in [0.15, 0.2) is 0 Å². The Hall–Kier alpha value is -0.570. The summed E-state index contributed by atoms with van der Waals surface area (Å²) >= 11 is 0. The van der Waals surface area contributed by atoms with Crippen molar-refractivity contribution < 1.29 is 4.79 Å². The third-order valence-corrected chi connectivity index (χ3v) is 3.83. The molecule has 0 aliphatic heterocycles. The van der Waals surface area contributed by atoms with Crippen molar-refractivity contribution in [1.82, 2.24) is 5.32 Å². The third-order valence-electron chi connectivity index (χ3n) is 3.83. The zero-order valence-corrected chi connectivity index (χ0v) is 10.3. The van der Waals surface area contributed by atoms with Gasteiger partial charge in [-0.3, -0.25) is 4.79 Å². The predicted molar refractivity (Wildman–Crippen MR) is 62.3 cm³/mol. The number of amides is 1. The van der Waals surface area contributed by atoms with Crippen molar-refractivity contribution in [2.75, 3.05) is 6.54 Å². The van der Waals surface area contributed by atoms with E-state index in [1.807, 2.05) is 0 Å². The summed E-state index contributed by atoms with van der Waals surface area (Å²) in [5.41, 5.74) is 5.83. The van der Waals surface area contributed by atoms with Gasteiger partial charge in [0.25, 0.3) is 0 Å². The van der Waals surface area contributed by atoms with Crippen LogP contribution in [0, 0.1) is 17.3 Å². The average Bonchev–Trinajstić information content (AvgIpc) is 2.09. The number of carbonyl (C=O) groups excluding carboxylic acids is 1. The van der Waals surface area contributed by atoms with Crippen LogP contribution in [0.3, 0.4) is 0 Å². The first-order valence-corrected chi connectivity index (χ1v) is 5.86. The standard InChI is InChI=1S/C12H24N2O/c1-8(2)12(3,4)7-14-11(15)9-5-10(13)6-9/h8-10H,5-7,13H2,1-4H3,(H,14,15). The highest BCUT2D eigenvalue weighted by Crippen LogP contribution is 2.27. The summed E-state index contributed by atoms with van der Waals surface area (Å²) in [6.45, 7) is 9.50. The van der Waals surface area contributed by atoms with E-state index in [2.05, 4.69) is 33.0 Å². The fraction of sp³-hybridized carbons (Fsp3) is 0.917. The second-order valence-corrected chi connectivity index (χ2v) is 5.79. The Labute approximate surface area is 92.8 Å². The molecule has 15 heavy (non-hydrogen) atoms. The first-order chi connectivity index (χ1) is 6.83. The number of carbonyl (C=O) groups is 1. The highest BCUT2D eigenvalue weighted by Gasteiger charge is 2.33. The molecule has 0 atom stereocenters. The zero-order valence-electron chi connectivity index (χ0n) is 10.3. The molecule has 0 heterocycles. The third kappa shape index (κ3) is 3.20. The van der Waals surface area contributed by atoms with Crippen LogP contribution in [0.5, 0.6) is 0 Å². The van der Waals surface area contributed by atoms with Gasteiger partial charge in [0.05, 0.1) is 0 Å². The van der Waals surface area contributed by atoms with Crippen molar-refractivity contribution in [2.45, 2.75) is 46.6 Å². The number of nitrogens with one attached hydrogen (secondary N) is 1. The van der Waals surface area contributed by atoms with E-state index in [0.29, 0.717) is 5.92 Å². The van der Waals surface area contributed by atoms with E-state index in [1.54, 1.807) is 0 Å². The summed E-state index contributed by atoms with van der Waals surface area (Å²) in [7, 11) is 0. The van der Waals surface area contributed by atoms with E-state index in [-0.39, 0.29) is 23.3 Å². The van der Waals surface area contributed by atoms with Crippen molar-refractivity contribution in [1.29, 1.82) is 0 Å². The van der Waals surface area contributed by atoms with Gasteiger partial charge in [-0.1, -0.05) is 27.7 Å². The van der Waals surface area contributed by atoms with Gasteiger partial charge in [0.2, 0.25) is 5.91 Å². The minimum atomic E-state index is 0.168. The molecule has 3 N–H and O–H groups in total. The minimum absolute atomic E-state index is 0.168. The van der Waals surface area contributed by atoms with Crippen molar-refractivity contribution in [3.05, 3.63) is 0 Å². The monoisotopic (exact) mass is 212 g/mol. The van der Waals surface area contributed by atoms with Crippen molar-refractivity contribution >= 4 is 5.91 Å². The molecule has 0 radical (unpaired) electrons. The number of hydrogen-bond donors (Lipinski definition) is 2. The topological polar surface area (TPSA) is 55.1 Å². The van der Waals surface area contributed by atoms with Gasteiger partial charge in [0.1, 0.15) is 0 Å². The van der Waals surface area contributed by atoms with Crippen LogP contribution < -0.4 is 11.1 Å². The van der Waals surface area contributed by atoms with Crippen LogP contribution in [0.25, 0.3) is 0 Å². The second-order valence-electron chi connectivity index (χ2n) is 5.79. The van der Waals surface area contributed by atoms with Crippen LogP contribution in [0.4, 0.5) is 0 Å². The molecule has 3 heteroatoms. The highest BCUT2D eigenvalue weighted by atomic mass is 16.1. The summed E-state index contributed by atoms with van der Waals surface area (Å²) < 4.78 is 0. The summed E-state index contributed by atoms with van der Waals surface area (Å²) in [4.78, 5) is 11.7. The number of rotatable bonds is 4. The lowest BCUT2D eigenvalue weighted by atomic mass is 9.79. The Kier molecular flexibility index (Phi) is 3.77. The minimum Gasteiger partial charge on any atom is -0.355 e. The summed E-state index contributed by atoms with van der Waals surface area (Å²) in [6, 6.07) is 0.249. The van der Waals surface area contributed by atoms with E-state index in [4.69, 9.17) is 5.73 Å².